The van der Waals surface area contributed by atoms with E-state index in [-0.39, 0.29) is 0 Å². The third-order valence-electron chi connectivity index (χ3n) is 4.41. The Morgan fingerprint density at radius 3 is 2.00 bits per heavy atom. The van der Waals surface area contributed by atoms with E-state index < -0.39 is 5.79 Å². The van der Waals surface area contributed by atoms with Crippen LogP contribution in [-0.4, -0.2) is 25.6 Å². The summed E-state index contributed by atoms with van der Waals surface area (Å²) in [6.07, 6.45) is 11.9. The van der Waals surface area contributed by atoms with Gasteiger partial charge in [-0.1, -0.05) is 45.4 Å². The van der Waals surface area contributed by atoms with Crippen molar-refractivity contribution in [3.63, 3.8) is 0 Å². The molecule has 0 saturated heterocycles. The summed E-state index contributed by atoms with van der Waals surface area (Å²) in [5, 5.41) is 0. The lowest BCUT2D eigenvalue weighted by atomic mass is 9.90. The van der Waals surface area contributed by atoms with Crippen molar-refractivity contribution in [2.45, 2.75) is 98.7 Å². The Bertz CT molecular complexity index is 302. The molecule has 0 aliphatic heterocycles. The fraction of sp³-hybridized carbons (Fsp3) is 0.905. The third kappa shape index (κ3) is 11.1. The minimum Gasteiger partial charge on any atom is -0.501 e. The van der Waals surface area contributed by atoms with Crippen molar-refractivity contribution in [3.8, 4) is 0 Å². The van der Waals surface area contributed by atoms with Crippen LogP contribution in [0.2, 0.25) is 0 Å². The average Bonchev–Trinajstić information content (AvgIpc) is 2.52. The summed E-state index contributed by atoms with van der Waals surface area (Å²) in [5.41, 5.74) is 1.19. The molecular formula is C21H42O3. The molecule has 1 unspecified atom stereocenters. The zero-order valence-corrected chi connectivity index (χ0v) is 17.2. The molecule has 0 saturated carbocycles. The molecule has 0 bridgehead atoms. The zero-order valence-electron chi connectivity index (χ0n) is 17.2. The fourth-order valence-electron chi connectivity index (χ4n) is 3.13. The lowest BCUT2D eigenvalue weighted by molar-refractivity contribution is -0.255. The molecule has 0 fully saturated rings. The van der Waals surface area contributed by atoms with E-state index in [1.807, 2.05) is 20.1 Å². The normalized spacial score (nSPS) is 12.9. The molecule has 1 atom stereocenters. The summed E-state index contributed by atoms with van der Waals surface area (Å²) in [5.74, 6) is -0.129. The monoisotopic (exact) mass is 342 g/mol. The maximum Gasteiger partial charge on any atom is 0.168 e. The van der Waals surface area contributed by atoms with E-state index >= 15 is 0 Å². The van der Waals surface area contributed by atoms with Crippen molar-refractivity contribution in [2.24, 2.45) is 5.92 Å². The van der Waals surface area contributed by atoms with Crippen LogP contribution in [0.4, 0.5) is 0 Å². The van der Waals surface area contributed by atoms with Gasteiger partial charge in [-0.05, 0) is 53.0 Å². The number of ether oxygens (including phenoxy) is 3. The second kappa shape index (κ2) is 14.8. The molecule has 0 aliphatic carbocycles. The average molecular weight is 343 g/mol. The van der Waals surface area contributed by atoms with Gasteiger partial charge in [0.2, 0.25) is 0 Å². The number of allylic oxidation sites excluding steroid dienone is 1. The first-order valence-electron chi connectivity index (χ1n) is 10.0. The first kappa shape index (κ1) is 23.5. The van der Waals surface area contributed by atoms with E-state index in [0.717, 1.165) is 19.4 Å². The molecule has 0 amide bonds. The highest BCUT2D eigenvalue weighted by Crippen LogP contribution is 2.31. The smallest absolute Gasteiger partial charge is 0.168 e. The molecule has 0 radical (unpaired) electrons. The standard InChI is InChI=1S/C21H42O3/c1-7-10-11-12-13-14-15-20(16-17-22-18-19(4)5)21(6,23-8-2)24-9-3/h18,20H,7-17H2,1-6H3. The molecule has 24 heavy (non-hydrogen) atoms. The molecule has 0 heterocycles. The molecular weight excluding hydrogens is 300 g/mol. The number of hydrogen-bond acceptors (Lipinski definition) is 3. The van der Waals surface area contributed by atoms with E-state index in [4.69, 9.17) is 14.2 Å². The number of unbranched alkanes of at least 4 members (excludes halogenated alkanes) is 5. The molecule has 0 aromatic heterocycles. The minimum atomic E-state index is -0.499. The van der Waals surface area contributed by atoms with Crippen LogP contribution in [0.1, 0.15) is 92.9 Å². The maximum atomic E-state index is 6.01. The van der Waals surface area contributed by atoms with Gasteiger partial charge >= 0.3 is 0 Å². The van der Waals surface area contributed by atoms with E-state index in [1.54, 1.807) is 0 Å². The SMILES string of the molecule is CCCCCCCCC(CCOC=C(C)C)C(C)(OCC)OCC. The van der Waals surface area contributed by atoms with Crippen molar-refractivity contribution in [1.82, 2.24) is 0 Å². The Hall–Kier alpha value is -0.540. The van der Waals surface area contributed by atoms with Gasteiger partial charge in [-0.25, -0.2) is 0 Å². The summed E-state index contributed by atoms with van der Waals surface area (Å²) in [7, 11) is 0. The molecule has 3 heteroatoms. The van der Waals surface area contributed by atoms with Crippen LogP contribution >= 0.6 is 0 Å². The molecule has 0 N–H and O–H groups in total. The van der Waals surface area contributed by atoms with Gasteiger partial charge in [0.25, 0.3) is 0 Å². The van der Waals surface area contributed by atoms with Crippen LogP contribution < -0.4 is 0 Å². The summed E-state index contributed by atoms with van der Waals surface area (Å²) in [6.45, 7) is 14.6. The maximum absolute atomic E-state index is 6.01. The van der Waals surface area contributed by atoms with Crippen LogP contribution in [0.3, 0.4) is 0 Å². The van der Waals surface area contributed by atoms with Crippen LogP contribution in [0.25, 0.3) is 0 Å². The predicted molar refractivity (Wildman–Crippen MR) is 103 cm³/mol. The van der Waals surface area contributed by atoms with Gasteiger partial charge in [0.05, 0.1) is 12.9 Å². The Morgan fingerprint density at radius 2 is 1.46 bits per heavy atom. The molecule has 0 rings (SSSR count). The second-order valence-electron chi connectivity index (χ2n) is 6.99. The van der Waals surface area contributed by atoms with Gasteiger partial charge in [-0.2, -0.15) is 0 Å². The zero-order chi connectivity index (χ0) is 18.3. The molecule has 0 aliphatic rings. The Balaban J connectivity index is 4.52. The first-order chi connectivity index (χ1) is 11.5. The lowest BCUT2D eigenvalue weighted by Gasteiger charge is -2.37. The summed E-state index contributed by atoms with van der Waals surface area (Å²) >= 11 is 0. The summed E-state index contributed by atoms with van der Waals surface area (Å²) in [6, 6.07) is 0. The molecule has 0 aromatic rings. The van der Waals surface area contributed by atoms with Crippen LogP contribution in [-0.2, 0) is 14.2 Å². The highest BCUT2D eigenvalue weighted by atomic mass is 16.7. The van der Waals surface area contributed by atoms with Crippen molar-refractivity contribution in [1.29, 1.82) is 0 Å². The quantitative estimate of drug-likeness (QED) is 0.183. The Labute approximate surface area is 151 Å². The molecule has 144 valence electrons. The second-order valence-corrected chi connectivity index (χ2v) is 6.99. The van der Waals surface area contributed by atoms with Crippen LogP contribution in [0.15, 0.2) is 11.8 Å². The molecule has 0 spiro atoms. The van der Waals surface area contributed by atoms with Crippen molar-refractivity contribution in [3.05, 3.63) is 11.8 Å². The van der Waals surface area contributed by atoms with Crippen molar-refractivity contribution < 1.29 is 14.2 Å². The van der Waals surface area contributed by atoms with Gasteiger partial charge in [-0.3, -0.25) is 0 Å². The Morgan fingerprint density at radius 1 is 0.875 bits per heavy atom. The summed E-state index contributed by atoms with van der Waals surface area (Å²) < 4.78 is 17.7. The largest absolute Gasteiger partial charge is 0.501 e. The minimum absolute atomic E-state index is 0.370. The first-order valence-corrected chi connectivity index (χ1v) is 10.0. The van der Waals surface area contributed by atoms with Gasteiger partial charge < -0.3 is 14.2 Å². The van der Waals surface area contributed by atoms with Crippen LogP contribution in [0.5, 0.6) is 0 Å². The molecule has 0 aromatic carbocycles. The van der Waals surface area contributed by atoms with Crippen molar-refractivity contribution >= 4 is 0 Å². The van der Waals surface area contributed by atoms with Gasteiger partial charge in [0.15, 0.2) is 5.79 Å². The van der Waals surface area contributed by atoms with E-state index in [1.165, 1.54) is 44.1 Å². The van der Waals surface area contributed by atoms with Gasteiger partial charge in [-0.15, -0.1) is 0 Å². The van der Waals surface area contributed by atoms with E-state index in [0.29, 0.717) is 19.1 Å². The summed E-state index contributed by atoms with van der Waals surface area (Å²) in [4.78, 5) is 0. The predicted octanol–water partition coefficient (Wildman–Crippen LogP) is 6.47. The van der Waals surface area contributed by atoms with Gasteiger partial charge in [0, 0.05) is 19.1 Å². The number of hydrogen-bond donors (Lipinski definition) is 0. The lowest BCUT2D eigenvalue weighted by Crippen LogP contribution is -2.41. The number of rotatable bonds is 16. The fourth-order valence-corrected chi connectivity index (χ4v) is 3.13. The van der Waals surface area contributed by atoms with E-state index in [9.17, 15) is 0 Å². The Kier molecular flexibility index (Phi) is 14.4. The van der Waals surface area contributed by atoms with Crippen LogP contribution in [0, 0.1) is 5.92 Å². The van der Waals surface area contributed by atoms with Gasteiger partial charge in [0.1, 0.15) is 0 Å². The van der Waals surface area contributed by atoms with E-state index in [2.05, 4.69) is 27.7 Å². The molecule has 3 nitrogen and oxygen atoms in total. The van der Waals surface area contributed by atoms with Crippen molar-refractivity contribution in [2.75, 3.05) is 19.8 Å². The topological polar surface area (TPSA) is 27.7 Å². The third-order valence-corrected chi connectivity index (χ3v) is 4.41. The highest BCUT2D eigenvalue weighted by molar-refractivity contribution is 4.86. The highest BCUT2D eigenvalue weighted by Gasteiger charge is 2.35.